The molecule has 0 radical (unpaired) electrons. The molecule has 116 valence electrons. The molecule has 0 aliphatic carbocycles. The first-order valence-corrected chi connectivity index (χ1v) is 7.33. The largest absolute Gasteiger partial charge is 0.481 e. The van der Waals surface area contributed by atoms with Crippen LogP contribution >= 0.6 is 0 Å². The van der Waals surface area contributed by atoms with Crippen LogP contribution in [0.25, 0.3) is 0 Å². The van der Waals surface area contributed by atoms with E-state index in [-0.39, 0.29) is 25.1 Å². The van der Waals surface area contributed by atoms with Crippen LogP contribution in [0.3, 0.4) is 0 Å². The summed E-state index contributed by atoms with van der Waals surface area (Å²) < 4.78 is 21.2. The number of carbonyl (C=O) groups excluding carboxylic acids is 1. The minimum Gasteiger partial charge on any atom is -0.481 e. The number of sulfonamides is 1. The van der Waals surface area contributed by atoms with E-state index in [4.69, 9.17) is 15.4 Å². The van der Waals surface area contributed by atoms with Gasteiger partial charge in [0.05, 0.1) is 5.75 Å². The van der Waals surface area contributed by atoms with Crippen molar-refractivity contribution in [3.05, 3.63) is 0 Å². The highest BCUT2D eigenvalue weighted by Crippen LogP contribution is 1.98. The van der Waals surface area contributed by atoms with Crippen LogP contribution in [0.15, 0.2) is 0 Å². The van der Waals surface area contributed by atoms with Crippen molar-refractivity contribution in [1.29, 1.82) is 0 Å². The number of rotatable bonds is 9. The molecule has 0 aromatic rings. The fourth-order valence-corrected chi connectivity index (χ4v) is 1.76. The molecule has 0 fully saturated rings. The molecule has 0 aliphatic heterocycles. The predicted octanol–water partition coefficient (Wildman–Crippen LogP) is -1.72. The van der Waals surface area contributed by atoms with E-state index in [0.717, 1.165) is 0 Å². The lowest BCUT2D eigenvalue weighted by Gasteiger charge is -2.14. The molecule has 0 saturated heterocycles. The fraction of sp³-hybridized carbons (Fsp3) is 0.667. The van der Waals surface area contributed by atoms with Crippen LogP contribution in [-0.4, -0.2) is 54.9 Å². The highest BCUT2D eigenvalue weighted by molar-refractivity contribution is 7.89. The molecule has 1 atom stereocenters. The van der Waals surface area contributed by atoms with E-state index in [1.807, 2.05) is 0 Å². The summed E-state index contributed by atoms with van der Waals surface area (Å²) in [7, 11) is -3.61. The zero-order chi connectivity index (χ0) is 15.8. The molecular formula is C9H17N3O7S. The van der Waals surface area contributed by atoms with Gasteiger partial charge in [0.15, 0.2) is 0 Å². The Morgan fingerprint density at radius 3 is 2.25 bits per heavy atom. The van der Waals surface area contributed by atoms with Crippen molar-refractivity contribution < 1.29 is 33.0 Å². The number of nitrogens with two attached hydrogens (primary N) is 1. The summed E-state index contributed by atoms with van der Waals surface area (Å²) in [6, 6.07) is -2.15. The first-order chi connectivity index (χ1) is 9.11. The molecule has 0 unspecified atom stereocenters. The maximum absolute atomic E-state index is 11.3. The molecule has 0 aromatic carbocycles. The molecule has 0 spiro atoms. The van der Waals surface area contributed by atoms with Crippen molar-refractivity contribution in [1.82, 2.24) is 10.6 Å². The summed E-state index contributed by atoms with van der Waals surface area (Å²) in [5.41, 5.74) is 0. The van der Waals surface area contributed by atoms with Gasteiger partial charge in [-0.15, -0.1) is 0 Å². The monoisotopic (exact) mass is 311 g/mol. The number of amides is 2. The lowest BCUT2D eigenvalue weighted by Crippen LogP contribution is -2.46. The number of urea groups is 1. The zero-order valence-corrected chi connectivity index (χ0v) is 11.4. The van der Waals surface area contributed by atoms with Gasteiger partial charge in [-0.3, -0.25) is 4.79 Å². The Labute approximate surface area is 115 Å². The van der Waals surface area contributed by atoms with Crippen molar-refractivity contribution in [2.75, 3.05) is 12.3 Å². The van der Waals surface area contributed by atoms with Gasteiger partial charge in [-0.1, -0.05) is 0 Å². The lowest BCUT2D eigenvalue weighted by molar-refractivity contribution is -0.140. The molecule has 2 amide bonds. The van der Waals surface area contributed by atoms with E-state index < -0.39 is 40.5 Å². The number of aliphatic carboxylic acids is 2. The molecular weight excluding hydrogens is 294 g/mol. The van der Waals surface area contributed by atoms with E-state index in [2.05, 4.69) is 10.6 Å². The topological polar surface area (TPSA) is 176 Å². The second-order valence-electron chi connectivity index (χ2n) is 3.94. The second-order valence-corrected chi connectivity index (χ2v) is 5.68. The van der Waals surface area contributed by atoms with Crippen molar-refractivity contribution in [2.24, 2.45) is 5.14 Å². The molecule has 0 bridgehead atoms. The third-order valence-corrected chi connectivity index (χ3v) is 3.00. The molecule has 11 heteroatoms. The summed E-state index contributed by atoms with van der Waals surface area (Å²) in [6.07, 6.45) is -0.572. The molecule has 0 aromatic heterocycles. The number of carbonyl (C=O) groups is 3. The summed E-state index contributed by atoms with van der Waals surface area (Å²) in [5, 5.41) is 26.3. The Bertz CT molecular complexity index is 462. The van der Waals surface area contributed by atoms with Gasteiger partial charge in [0.2, 0.25) is 10.0 Å². The number of nitrogens with one attached hydrogen (secondary N) is 2. The first kappa shape index (κ1) is 18.1. The predicted molar refractivity (Wildman–Crippen MR) is 67.4 cm³/mol. The molecule has 0 rings (SSSR count). The second kappa shape index (κ2) is 8.32. The number of carboxylic acid groups (broad SMARTS) is 2. The normalized spacial score (nSPS) is 12.4. The number of hydrogen-bond acceptors (Lipinski definition) is 5. The number of primary sulfonamides is 1. The lowest BCUT2D eigenvalue weighted by atomic mass is 10.1. The van der Waals surface area contributed by atoms with Gasteiger partial charge >= 0.3 is 18.0 Å². The van der Waals surface area contributed by atoms with Crippen LogP contribution in [-0.2, 0) is 19.6 Å². The van der Waals surface area contributed by atoms with E-state index in [0.29, 0.717) is 0 Å². The third-order valence-electron chi connectivity index (χ3n) is 2.14. The highest BCUT2D eigenvalue weighted by Gasteiger charge is 2.20. The summed E-state index contributed by atoms with van der Waals surface area (Å²) in [4.78, 5) is 32.4. The fourth-order valence-electron chi connectivity index (χ4n) is 1.21. The van der Waals surface area contributed by atoms with E-state index in [1.54, 1.807) is 0 Å². The quantitative estimate of drug-likeness (QED) is 0.314. The van der Waals surface area contributed by atoms with E-state index in [1.165, 1.54) is 0 Å². The molecule has 6 N–H and O–H groups in total. The van der Waals surface area contributed by atoms with Gasteiger partial charge in [-0.05, 0) is 12.8 Å². The minimum atomic E-state index is -3.61. The standard InChI is InChI=1S/C9H17N3O7S/c10-20(18,19)5-1-4-11-9(17)12-6(8(15)16)2-3-7(13)14/h6H,1-5H2,(H,13,14)(H,15,16)(H2,10,18,19)(H2,11,12,17)/t6-/m0/s1. The number of carboxylic acids is 2. The van der Waals surface area contributed by atoms with Crippen molar-refractivity contribution in [3.63, 3.8) is 0 Å². The van der Waals surface area contributed by atoms with Gasteiger partial charge in [0.1, 0.15) is 6.04 Å². The van der Waals surface area contributed by atoms with Crippen LogP contribution in [0.4, 0.5) is 4.79 Å². The Morgan fingerprint density at radius 2 is 1.80 bits per heavy atom. The Balaban J connectivity index is 4.07. The maximum atomic E-state index is 11.3. The Hall–Kier alpha value is -1.88. The van der Waals surface area contributed by atoms with Gasteiger partial charge in [0, 0.05) is 13.0 Å². The van der Waals surface area contributed by atoms with Crippen LogP contribution in [0.5, 0.6) is 0 Å². The zero-order valence-electron chi connectivity index (χ0n) is 10.5. The number of hydrogen-bond donors (Lipinski definition) is 5. The maximum Gasteiger partial charge on any atom is 0.326 e. The van der Waals surface area contributed by atoms with E-state index >= 15 is 0 Å². The minimum absolute atomic E-state index is 0.00642. The summed E-state index contributed by atoms with van der Waals surface area (Å²) in [5.74, 6) is -2.84. The van der Waals surface area contributed by atoms with Crippen LogP contribution in [0.1, 0.15) is 19.3 Å². The smallest absolute Gasteiger partial charge is 0.326 e. The van der Waals surface area contributed by atoms with Crippen LogP contribution in [0, 0.1) is 0 Å². The Morgan fingerprint density at radius 1 is 1.20 bits per heavy atom. The summed E-state index contributed by atoms with van der Waals surface area (Å²) >= 11 is 0. The van der Waals surface area contributed by atoms with Crippen molar-refractivity contribution >= 4 is 28.0 Å². The highest BCUT2D eigenvalue weighted by atomic mass is 32.2. The van der Waals surface area contributed by atoms with Gasteiger partial charge in [-0.25, -0.2) is 23.1 Å². The van der Waals surface area contributed by atoms with Crippen molar-refractivity contribution in [3.8, 4) is 0 Å². The average Bonchev–Trinajstić information content (AvgIpc) is 2.28. The third kappa shape index (κ3) is 10.1. The molecule has 0 aliphatic rings. The van der Waals surface area contributed by atoms with Crippen molar-refractivity contribution in [2.45, 2.75) is 25.3 Å². The Kier molecular flexibility index (Phi) is 7.54. The summed E-state index contributed by atoms with van der Waals surface area (Å²) in [6.45, 7) is -0.00642. The van der Waals surface area contributed by atoms with Crippen LogP contribution in [0.2, 0.25) is 0 Å². The first-order valence-electron chi connectivity index (χ1n) is 5.61. The van der Waals surface area contributed by atoms with Crippen LogP contribution < -0.4 is 15.8 Å². The van der Waals surface area contributed by atoms with Gasteiger partial charge < -0.3 is 20.8 Å². The van der Waals surface area contributed by atoms with E-state index in [9.17, 15) is 22.8 Å². The molecule has 10 nitrogen and oxygen atoms in total. The molecule has 0 heterocycles. The molecule has 0 saturated carbocycles. The SMILES string of the molecule is NS(=O)(=O)CCCNC(=O)N[C@@H](CCC(=O)O)C(=O)O. The van der Waals surface area contributed by atoms with Gasteiger partial charge in [0.25, 0.3) is 0 Å². The van der Waals surface area contributed by atoms with Gasteiger partial charge in [-0.2, -0.15) is 0 Å². The molecule has 20 heavy (non-hydrogen) atoms. The average molecular weight is 311 g/mol.